The standard InChI is InChI=1S/C8H5F4NO/c1-2-3(8(13)14)5(10)7(12)6(11)4(2)9/h1H3,(H2,13,14). The number of carbonyl (C=O) groups excluding carboxylic acids is 1. The van der Waals surface area contributed by atoms with E-state index in [9.17, 15) is 22.4 Å². The summed E-state index contributed by atoms with van der Waals surface area (Å²) in [6.45, 7) is 0.932. The van der Waals surface area contributed by atoms with E-state index in [1.165, 1.54) is 0 Å². The van der Waals surface area contributed by atoms with Crippen molar-refractivity contribution in [2.45, 2.75) is 6.92 Å². The summed E-state index contributed by atoms with van der Waals surface area (Å²) in [5.74, 6) is -8.73. The van der Waals surface area contributed by atoms with Crippen LogP contribution in [0.4, 0.5) is 17.6 Å². The van der Waals surface area contributed by atoms with E-state index in [0.29, 0.717) is 0 Å². The first-order valence-electron chi connectivity index (χ1n) is 3.50. The number of hydrogen-bond acceptors (Lipinski definition) is 1. The summed E-state index contributed by atoms with van der Waals surface area (Å²) in [5, 5.41) is 0. The number of rotatable bonds is 1. The van der Waals surface area contributed by atoms with Gasteiger partial charge in [0.2, 0.25) is 0 Å². The summed E-state index contributed by atoms with van der Waals surface area (Å²) >= 11 is 0. The van der Waals surface area contributed by atoms with Crippen molar-refractivity contribution in [2.24, 2.45) is 5.73 Å². The van der Waals surface area contributed by atoms with Crippen molar-refractivity contribution in [3.63, 3.8) is 0 Å². The second-order valence-corrected chi connectivity index (χ2v) is 2.62. The molecule has 1 aromatic carbocycles. The number of nitrogens with two attached hydrogens (primary N) is 1. The van der Waals surface area contributed by atoms with Crippen molar-refractivity contribution in [3.8, 4) is 0 Å². The highest BCUT2D eigenvalue weighted by Crippen LogP contribution is 2.22. The van der Waals surface area contributed by atoms with Crippen LogP contribution in [-0.2, 0) is 0 Å². The van der Waals surface area contributed by atoms with Crippen LogP contribution in [0.15, 0.2) is 0 Å². The molecule has 0 fully saturated rings. The Morgan fingerprint density at radius 1 is 1.00 bits per heavy atom. The fourth-order valence-corrected chi connectivity index (χ4v) is 1.03. The predicted octanol–water partition coefficient (Wildman–Crippen LogP) is 1.65. The molecule has 2 N–H and O–H groups in total. The van der Waals surface area contributed by atoms with Crippen LogP contribution in [0, 0.1) is 30.2 Å². The van der Waals surface area contributed by atoms with Gasteiger partial charge in [0.05, 0.1) is 5.56 Å². The maximum Gasteiger partial charge on any atom is 0.252 e. The van der Waals surface area contributed by atoms with Crippen LogP contribution in [0.1, 0.15) is 15.9 Å². The summed E-state index contributed by atoms with van der Waals surface area (Å²) < 4.78 is 50.8. The molecule has 6 heteroatoms. The smallest absolute Gasteiger partial charge is 0.252 e. The van der Waals surface area contributed by atoms with Crippen LogP contribution in [0.3, 0.4) is 0 Å². The fraction of sp³-hybridized carbons (Fsp3) is 0.125. The van der Waals surface area contributed by atoms with Crippen LogP contribution in [0.25, 0.3) is 0 Å². The first-order valence-corrected chi connectivity index (χ1v) is 3.50. The third-order valence-corrected chi connectivity index (χ3v) is 1.75. The number of halogens is 4. The molecule has 0 atom stereocenters. The molecule has 0 aliphatic rings. The summed E-state index contributed by atoms with van der Waals surface area (Å²) in [6, 6.07) is 0. The summed E-state index contributed by atoms with van der Waals surface area (Å²) in [4.78, 5) is 10.6. The minimum Gasteiger partial charge on any atom is -0.365 e. The van der Waals surface area contributed by atoms with Gasteiger partial charge in [0.1, 0.15) is 0 Å². The lowest BCUT2D eigenvalue weighted by Gasteiger charge is -2.06. The zero-order valence-electron chi connectivity index (χ0n) is 7.00. The molecule has 0 aliphatic heterocycles. The Bertz CT molecular complexity index is 387. The van der Waals surface area contributed by atoms with Crippen LogP contribution in [-0.4, -0.2) is 5.91 Å². The van der Waals surface area contributed by atoms with Gasteiger partial charge in [0.15, 0.2) is 23.3 Å². The molecule has 0 radical (unpaired) electrons. The van der Waals surface area contributed by atoms with Crippen LogP contribution in [0.2, 0.25) is 0 Å². The van der Waals surface area contributed by atoms with E-state index in [0.717, 1.165) is 6.92 Å². The predicted molar refractivity (Wildman–Crippen MR) is 39.5 cm³/mol. The van der Waals surface area contributed by atoms with Gasteiger partial charge in [0, 0.05) is 5.56 Å². The number of hydrogen-bond donors (Lipinski definition) is 1. The Kier molecular flexibility index (Phi) is 2.46. The molecule has 2 nitrogen and oxygen atoms in total. The van der Waals surface area contributed by atoms with E-state index in [-0.39, 0.29) is 0 Å². The van der Waals surface area contributed by atoms with Crippen molar-refractivity contribution >= 4 is 5.91 Å². The van der Waals surface area contributed by atoms with E-state index in [4.69, 9.17) is 0 Å². The zero-order chi connectivity index (χ0) is 11.0. The van der Waals surface area contributed by atoms with Gasteiger partial charge in [-0.3, -0.25) is 4.79 Å². The third-order valence-electron chi connectivity index (χ3n) is 1.75. The molecule has 0 heterocycles. The topological polar surface area (TPSA) is 43.1 Å². The van der Waals surface area contributed by atoms with E-state index >= 15 is 0 Å². The Morgan fingerprint density at radius 2 is 1.43 bits per heavy atom. The van der Waals surface area contributed by atoms with Gasteiger partial charge in [-0.1, -0.05) is 0 Å². The highest BCUT2D eigenvalue weighted by Gasteiger charge is 2.25. The SMILES string of the molecule is Cc1c(F)c(F)c(F)c(F)c1C(N)=O. The lowest BCUT2D eigenvalue weighted by Crippen LogP contribution is -2.18. The highest BCUT2D eigenvalue weighted by atomic mass is 19.2. The second-order valence-electron chi connectivity index (χ2n) is 2.62. The Hall–Kier alpha value is -1.59. The first kappa shape index (κ1) is 10.5. The molecular weight excluding hydrogens is 202 g/mol. The van der Waals surface area contributed by atoms with Crippen molar-refractivity contribution in [1.82, 2.24) is 0 Å². The van der Waals surface area contributed by atoms with Crippen molar-refractivity contribution in [1.29, 1.82) is 0 Å². The monoisotopic (exact) mass is 207 g/mol. The lowest BCUT2D eigenvalue weighted by molar-refractivity contribution is 0.0993. The summed E-state index contributed by atoms with van der Waals surface area (Å²) in [5.41, 5.74) is 3.05. The molecule has 0 aromatic heterocycles. The molecule has 1 aromatic rings. The van der Waals surface area contributed by atoms with Crippen LogP contribution in [0.5, 0.6) is 0 Å². The van der Waals surface area contributed by atoms with E-state index in [1.54, 1.807) is 0 Å². The van der Waals surface area contributed by atoms with Crippen molar-refractivity contribution in [3.05, 3.63) is 34.4 Å². The molecule has 76 valence electrons. The van der Waals surface area contributed by atoms with Gasteiger partial charge in [-0.15, -0.1) is 0 Å². The molecule has 1 amide bonds. The molecule has 0 unspecified atom stereocenters. The average Bonchev–Trinajstić information content (AvgIpc) is 2.11. The molecule has 0 saturated heterocycles. The minimum absolute atomic E-state index is 0.645. The van der Waals surface area contributed by atoms with Gasteiger partial charge < -0.3 is 5.73 Å². The van der Waals surface area contributed by atoms with Gasteiger partial charge in [0.25, 0.3) is 5.91 Å². The van der Waals surface area contributed by atoms with E-state index < -0.39 is 40.3 Å². The fourth-order valence-electron chi connectivity index (χ4n) is 1.03. The number of primary amides is 1. The van der Waals surface area contributed by atoms with Gasteiger partial charge >= 0.3 is 0 Å². The second kappa shape index (κ2) is 3.28. The summed E-state index contributed by atoms with van der Waals surface area (Å²) in [7, 11) is 0. The van der Waals surface area contributed by atoms with Crippen LogP contribution >= 0.6 is 0 Å². The van der Waals surface area contributed by atoms with E-state index in [2.05, 4.69) is 5.73 Å². The molecule has 0 saturated carbocycles. The molecule has 0 aliphatic carbocycles. The molecule has 0 bridgehead atoms. The highest BCUT2D eigenvalue weighted by molar-refractivity contribution is 5.94. The molecule has 0 spiro atoms. The molecular formula is C8H5F4NO. The maximum absolute atomic E-state index is 12.9. The maximum atomic E-state index is 12.9. The largest absolute Gasteiger partial charge is 0.365 e. The first-order chi connectivity index (χ1) is 6.37. The van der Waals surface area contributed by atoms with Crippen LogP contribution < -0.4 is 5.73 Å². The Morgan fingerprint density at radius 3 is 1.86 bits per heavy atom. The summed E-state index contributed by atoms with van der Waals surface area (Å²) in [6.07, 6.45) is 0. The Labute approximate surface area is 76.3 Å². The average molecular weight is 207 g/mol. The van der Waals surface area contributed by atoms with Gasteiger partial charge in [-0.25, -0.2) is 17.6 Å². The lowest BCUT2D eigenvalue weighted by atomic mass is 10.1. The van der Waals surface area contributed by atoms with E-state index in [1.807, 2.05) is 0 Å². The molecule has 1 rings (SSSR count). The van der Waals surface area contributed by atoms with Gasteiger partial charge in [-0.05, 0) is 6.92 Å². The number of benzene rings is 1. The van der Waals surface area contributed by atoms with Crippen molar-refractivity contribution in [2.75, 3.05) is 0 Å². The Balaban J connectivity index is 3.68. The molecule has 14 heavy (non-hydrogen) atoms. The quantitative estimate of drug-likeness (QED) is 0.424. The third kappa shape index (κ3) is 1.32. The number of carbonyl (C=O) groups is 1. The number of amides is 1. The normalized spacial score (nSPS) is 10.4. The van der Waals surface area contributed by atoms with Crippen molar-refractivity contribution < 1.29 is 22.4 Å². The van der Waals surface area contributed by atoms with Gasteiger partial charge in [-0.2, -0.15) is 0 Å². The zero-order valence-corrected chi connectivity index (χ0v) is 7.00. The minimum atomic E-state index is -2.04.